The molecule has 0 fully saturated rings. The van der Waals surface area contributed by atoms with Gasteiger partial charge in [-0.1, -0.05) is 13.3 Å². The molecule has 0 radical (unpaired) electrons. The first-order valence-electron chi connectivity index (χ1n) is 4.53. The van der Waals surface area contributed by atoms with Gasteiger partial charge in [-0.3, -0.25) is 4.79 Å². The van der Waals surface area contributed by atoms with E-state index in [0.717, 1.165) is 17.7 Å². The lowest BCUT2D eigenvalue weighted by atomic mass is 10.1. The van der Waals surface area contributed by atoms with Crippen molar-refractivity contribution < 1.29 is 9.90 Å². The molecule has 0 heterocycles. The molecule has 0 aromatic rings. The van der Waals surface area contributed by atoms with Gasteiger partial charge in [0.25, 0.3) is 0 Å². The van der Waals surface area contributed by atoms with E-state index in [1.165, 1.54) is 12.8 Å². The van der Waals surface area contributed by atoms with Gasteiger partial charge >= 0.3 is 5.97 Å². The largest absolute Gasteiger partial charge is 0.481 e. The minimum Gasteiger partial charge on any atom is -0.481 e. The molecule has 0 spiro atoms. The summed E-state index contributed by atoms with van der Waals surface area (Å²) in [6, 6.07) is 0. The van der Waals surface area contributed by atoms with Crippen molar-refractivity contribution in [2.45, 2.75) is 26.2 Å². The Kier molecular flexibility index (Phi) is 7.79. The van der Waals surface area contributed by atoms with Crippen LogP contribution in [0.4, 0.5) is 0 Å². The van der Waals surface area contributed by atoms with E-state index in [9.17, 15) is 4.79 Å². The summed E-state index contributed by atoms with van der Waals surface area (Å²) >= 11 is 1.77. The number of nitrogens with one attached hydrogen (secondary N) is 1. The predicted molar refractivity (Wildman–Crippen MR) is 56.8 cm³/mol. The molecular formula is C9H17NO2S. The molecule has 0 saturated heterocycles. The van der Waals surface area contributed by atoms with E-state index in [1.807, 2.05) is 0 Å². The van der Waals surface area contributed by atoms with Crippen molar-refractivity contribution in [3.8, 4) is 0 Å². The van der Waals surface area contributed by atoms with Crippen LogP contribution < -0.4 is 0 Å². The molecule has 0 aliphatic carbocycles. The van der Waals surface area contributed by atoms with E-state index in [-0.39, 0.29) is 0 Å². The molecule has 1 unspecified atom stereocenters. The molecular weight excluding hydrogens is 186 g/mol. The van der Waals surface area contributed by atoms with Gasteiger partial charge in [0.05, 0.1) is 5.92 Å². The normalized spacial score (nSPS) is 12.4. The summed E-state index contributed by atoms with van der Waals surface area (Å²) in [5.41, 5.74) is 0. The molecule has 0 rings (SSSR count). The van der Waals surface area contributed by atoms with Gasteiger partial charge in [-0.2, -0.15) is 11.8 Å². The van der Waals surface area contributed by atoms with Crippen LogP contribution in [0, 0.1) is 11.3 Å². The number of carboxylic acid groups (broad SMARTS) is 1. The maximum Gasteiger partial charge on any atom is 0.311 e. The molecule has 4 heteroatoms. The van der Waals surface area contributed by atoms with Crippen LogP contribution in [-0.4, -0.2) is 28.8 Å². The Morgan fingerprint density at radius 1 is 1.62 bits per heavy atom. The van der Waals surface area contributed by atoms with Gasteiger partial charge in [0, 0.05) is 6.21 Å². The fourth-order valence-electron chi connectivity index (χ4n) is 0.837. The van der Waals surface area contributed by atoms with E-state index < -0.39 is 11.9 Å². The average molecular weight is 203 g/mol. The third-order valence-electron chi connectivity index (χ3n) is 1.73. The Bertz CT molecular complexity index is 162. The number of rotatable bonds is 8. The van der Waals surface area contributed by atoms with E-state index in [4.69, 9.17) is 10.5 Å². The Morgan fingerprint density at radius 3 is 2.77 bits per heavy atom. The SMILES string of the molecule is CCCCSCCC(C=N)C(=O)O. The van der Waals surface area contributed by atoms with E-state index in [1.54, 1.807) is 11.8 Å². The Hall–Kier alpha value is -0.510. The van der Waals surface area contributed by atoms with Gasteiger partial charge in [0.15, 0.2) is 0 Å². The minimum absolute atomic E-state index is 0.577. The second-order valence-electron chi connectivity index (χ2n) is 2.87. The van der Waals surface area contributed by atoms with Gasteiger partial charge in [0.1, 0.15) is 0 Å². The second-order valence-corrected chi connectivity index (χ2v) is 4.09. The summed E-state index contributed by atoms with van der Waals surface area (Å²) in [7, 11) is 0. The van der Waals surface area contributed by atoms with Crippen LogP contribution >= 0.6 is 11.8 Å². The lowest BCUT2D eigenvalue weighted by Gasteiger charge is -2.04. The average Bonchev–Trinajstić information content (AvgIpc) is 2.10. The van der Waals surface area contributed by atoms with Crippen molar-refractivity contribution in [3.05, 3.63) is 0 Å². The van der Waals surface area contributed by atoms with Crippen molar-refractivity contribution in [1.29, 1.82) is 5.41 Å². The molecule has 13 heavy (non-hydrogen) atoms. The molecule has 0 saturated carbocycles. The van der Waals surface area contributed by atoms with Crippen LogP contribution in [0.15, 0.2) is 0 Å². The molecule has 0 aromatic heterocycles. The quantitative estimate of drug-likeness (QED) is 0.470. The summed E-state index contributed by atoms with van der Waals surface area (Å²) in [5, 5.41) is 15.5. The number of carbonyl (C=O) groups is 1. The molecule has 76 valence electrons. The molecule has 0 aliphatic rings. The van der Waals surface area contributed by atoms with Gasteiger partial charge in [-0.05, 0) is 24.3 Å². The Balaban J connectivity index is 3.39. The van der Waals surface area contributed by atoms with E-state index in [2.05, 4.69) is 6.92 Å². The van der Waals surface area contributed by atoms with E-state index in [0.29, 0.717) is 6.42 Å². The molecule has 0 aromatic carbocycles. The summed E-state index contributed by atoms with van der Waals surface area (Å²) in [6.07, 6.45) is 3.96. The topological polar surface area (TPSA) is 61.2 Å². The zero-order chi connectivity index (χ0) is 10.1. The highest BCUT2D eigenvalue weighted by atomic mass is 32.2. The minimum atomic E-state index is -0.883. The highest BCUT2D eigenvalue weighted by Gasteiger charge is 2.12. The third-order valence-corrected chi connectivity index (χ3v) is 2.84. The molecule has 2 N–H and O–H groups in total. The fraction of sp³-hybridized carbons (Fsp3) is 0.778. The van der Waals surface area contributed by atoms with Gasteiger partial charge < -0.3 is 10.5 Å². The number of hydrogen-bond donors (Lipinski definition) is 2. The molecule has 3 nitrogen and oxygen atoms in total. The first-order chi connectivity index (χ1) is 6.22. The van der Waals surface area contributed by atoms with Gasteiger partial charge in [0.2, 0.25) is 0 Å². The van der Waals surface area contributed by atoms with Crippen molar-refractivity contribution in [3.63, 3.8) is 0 Å². The summed E-state index contributed by atoms with van der Waals surface area (Å²) in [5.74, 6) is 0.466. The molecule has 0 bridgehead atoms. The lowest BCUT2D eigenvalue weighted by molar-refractivity contribution is -0.139. The Labute approximate surface area is 83.4 Å². The van der Waals surface area contributed by atoms with Crippen molar-refractivity contribution in [2.24, 2.45) is 5.92 Å². The van der Waals surface area contributed by atoms with Crippen molar-refractivity contribution >= 4 is 23.9 Å². The van der Waals surface area contributed by atoms with Gasteiger partial charge in [-0.15, -0.1) is 0 Å². The highest BCUT2D eigenvalue weighted by Crippen LogP contribution is 2.10. The number of hydrogen-bond acceptors (Lipinski definition) is 3. The maximum atomic E-state index is 10.5. The van der Waals surface area contributed by atoms with Crippen molar-refractivity contribution in [1.82, 2.24) is 0 Å². The molecule has 1 atom stereocenters. The number of unbranched alkanes of at least 4 members (excludes halogenated alkanes) is 1. The third kappa shape index (κ3) is 6.63. The first-order valence-corrected chi connectivity index (χ1v) is 5.69. The molecule has 0 aliphatic heterocycles. The number of aliphatic carboxylic acids is 1. The summed E-state index contributed by atoms with van der Waals surface area (Å²) < 4.78 is 0. The number of carboxylic acids is 1. The lowest BCUT2D eigenvalue weighted by Crippen LogP contribution is -2.15. The summed E-state index contributed by atoms with van der Waals surface area (Å²) in [4.78, 5) is 10.5. The second kappa shape index (κ2) is 8.10. The van der Waals surface area contributed by atoms with Crippen LogP contribution in [0.2, 0.25) is 0 Å². The zero-order valence-corrected chi connectivity index (χ0v) is 8.77. The highest BCUT2D eigenvalue weighted by molar-refractivity contribution is 7.99. The summed E-state index contributed by atoms with van der Waals surface area (Å²) in [6.45, 7) is 2.14. The Morgan fingerprint density at radius 2 is 2.31 bits per heavy atom. The zero-order valence-electron chi connectivity index (χ0n) is 7.95. The van der Waals surface area contributed by atoms with Crippen LogP contribution in [-0.2, 0) is 4.79 Å². The first kappa shape index (κ1) is 12.5. The predicted octanol–water partition coefficient (Wildman–Crippen LogP) is 2.26. The standard InChI is InChI=1S/C9H17NO2S/c1-2-3-5-13-6-4-8(7-10)9(11)12/h7-8,10H,2-6H2,1H3,(H,11,12). The smallest absolute Gasteiger partial charge is 0.311 e. The van der Waals surface area contributed by atoms with E-state index >= 15 is 0 Å². The fourth-order valence-corrected chi connectivity index (χ4v) is 1.95. The van der Waals surface area contributed by atoms with Crippen LogP contribution in [0.3, 0.4) is 0 Å². The molecule has 0 amide bonds. The van der Waals surface area contributed by atoms with Crippen molar-refractivity contribution in [2.75, 3.05) is 11.5 Å². The number of thioether (sulfide) groups is 1. The maximum absolute atomic E-state index is 10.5. The van der Waals surface area contributed by atoms with Crippen LogP contribution in [0.25, 0.3) is 0 Å². The van der Waals surface area contributed by atoms with Gasteiger partial charge in [-0.25, -0.2) is 0 Å². The van der Waals surface area contributed by atoms with Crippen LogP contribution in [0.1, 0.15) is 26.2 Å². The van der Waals surface area contributed by atoms with Crippen LogP contribution in [0.5, 0.6) is 0 Å². The monoisotopic (exact) mass is 203 g/mol.